The first-order valence-corrected chi connectivity index (χ1v) is 8.74. The normalized spacial score (nSPS) is 11.0. The van der Waals surface area contributed by atoms with Gasteiger partial charge < -0.3 is 5.11 Å². The van der Waals surface area contributed by atoms with Crippen molar-refractivity contribution < 1.29 is 9.90 Å². The standard InChI is InChI=1S/C22H23NO2/c1-4-5-6-16-9-10-20-18(12-16)19(22(24)25)13-21(23-20)17-11-14(2)7-8-15(17)3/h7-13H,4-6H2,1-3H3,(H,24,25). The van der Waals surface area contributed by atoms with Crippen LogP contribution in [0, 0.1) is 13.8 Å². The molecule has 0 spiro atoms. The first-order valence-electron chi connectivity index (χ1n) is 8.74. The van der Waals surface area contributed by atoms with Crippen LogP contribution < -0.4 is 0 Å². The van der Waals surface area contributed by atoms with Crippen LogP contribution in [0.2, 0.25) is 0 Å². The van der Waals surface area contributed by atoms with E-state index < -0.39 is 5.97 Å². The molecule has 0 atom stereocenters. The molecule has 0 radical (unpaired) electrons. The summed E-state index contributed by atoms with van der Waals surface area (Å²) in [5.74, 6) is -0.911. The third kappa shape index (κ3) is 3.55. The fraction of sp³-hybridized carbons (Fsp3) is 0.273. The molecule has 0 saturated heterocycles. The van der Waals surface area contributed by atoms with E-state index in [1.807, 2.05) is 32.0 Å². The third-order valence-electron chi connectivity index (χ3n) is 4.59. The zero-order chi connectivity index (χ0) is 18.0. The number of fused-ring (bicyclic) bond motifs is 1. The number of aromatic nitrogens is 1. The van der Waals surface area contributed by atoms with Crippen molar-refractivity contribution in [3.05, 3.63) is 64.7 Å². The number of carboxylic acids is 1. The highest BCUT2D eigenvalue weighted by Crippen LogP contribution is 2.28. The van der Waals surface area contributed by atoms with E-state index in [0.29, 0.717) is 11.3 Å². The van der Waals surface area contributed by atoms with Crippen molar-refractivity contribution in [1.82, 2.24) is 4.98 Å². The fourth-order valence-corrected chi connectivity index (χ4v) is 3.14. The van der Waals surface area contributed by atoms with Crippen LogP contribution in [-0.2, 0) is 6.42 Å². The maximum absolute atomic E-state index is 11.8. The van der Waals surface area contributed by atoms with Crippen molar-refractivity contribution >= 4 is 16.9 Å². The number of carboxylic acid groups (broad SMARTS) is 1. The number of aryl methyl sites for hydroxylation is 3. The largest absolute Gasteiger partial charge is 0.478 e. The molecule has 1 N–H and O–H groups in total. The van der Waals surface area contributed by atoms with Crippen LogP contribution in [0.25, 0.3) is 22.2 Å². The second-order valence-corrected chi connectivity index (χ2v) is 6.63. The molecular formula is C22H23NO2. The number of hydrogen-bond donors (Lipinski definition) is 1. The highest BCUT2D eigenvalue weighted by atomic mass is 16.4. The third-order valence-corrected chi connectivity index (χ3v) is 4.59. The first kappa shape index (κ1) is 17.2. The van der Waals surface area contributed by atoms with Crippen LogP contribution in [-0.4, -0.2) is 16.1 Å². The number of hydrogen-bond acceptors (Lipinski definition) is 2. The van der Waals surface area contributed by atoms with E-state index in [0.717, 1.165) is 52.4 Å². The summed E-state index contributed by atoms with van der Waals surface area (Å²) in [7, 11) is 0. The topological polar surface area (TPSA) is 50.2 Å². The predicted octanol–water partition coefficient (Wildman–Crippen LogP) is 5.56. The summed E-state index contributed by atoms with van der Waals surface area (Å²) in [5, 5.41) is 10.4. The Hall–Kier alpha value is -2.68. The number of carbonyl (C=O) groups is 1. The van der Waals surface area contributed by atoms with E-state index >= 15 is 0 Å². The second kappa shape index (κ2) is 7.06. The second-order valence-electron chi connectivity index (χ2n) is 6.63. The van der Waals surface area contributed by atoms with E-state index in [1.54, 1.807) is 6.07 Å². The van der Waals surface area contributed by atoms with Crippen molar-refractivity contribution in [2.45, 2.75) is 40.0 Å². The lowest BCUT2D eigenvalue weighted by Gasteiger charge is -2.11. The number of nitrogens with zero attached hydrogens (tertiary/aromatic N) is 1. The number of pyridine rings is 1. The lowest BCUT2D eigenvalue weighted by Crippen LogP contribution is -2.01. The Morgan fingerprint density at radius 2 is 1.88 bits per heavy atom. The van der Waals surface area contributed by atoms with Crippen LogP contribution >= 0.6 is 0 Å². The monoisotopic (exact) mass is 333 g/mol. The van der Waals surface area contributed by atoms with Crippen LogP contribution in [0.15, 0.2) is 42.5 Å². The molecule has 25 heavy (non-hydrogen) atoms. The van der Waals surface area contributed by atoms with Gasteiger partial charge in [-0.2, -0.15) is 0 Å². The highest BCUT2D eigenvalue weighted by Gasteiger charge is 2.14. The van der Waals surface area contributed by atoms with Gasteiger partial charge in [-0.15, -0.1) is 0 Å². The smallest absolute Gasteiger partial charge is 0.336 e. The Balaban J connectivity index is 2.20. The minimum atomic E-state index is -0.911. The predicted molar refractivity (Wildman–Crippen MR) is 102 cm³/mol. The van der Waals surface area contributed by atoms with Gasteiger partial charge in [0.1, 0.15) is 0 Å². The Morgan fingerprint density at radius 3 is 2.60 bits per heavy atom. The SMILES string of the molecule is CCCCc1ccc2nc(-c3cc(C)ccc3C)cc(C(=O)O)c2c1. The molecule has 0 aliphatic rings. The van der Waals surface area contributed by atoms with Gasteiger partial charge in [0.15, 0.2) is 0 Å². The summed E-state index contributed by atoms with van der Waals surface area (Å²) in [6, 6.07) is 13.9. The van der Waals surface area contributed by atoms with E-state index in [4.69, 9.17) is 4.98 Å². The summed E-state index contributed by atoms with van der Waals surface area (Å²) in [4.78, 5) is 16.6. The van der Waals surface area contributed by atoms with Gasteiger partial charge in [-0.3, -0.25) is 0 Å². The van der Waals surface area contributed by atoms with Gasteiger partial charge in [0.25, 0.3) is 0 Å². The van der Waals surface area contributed by atoms with Crippen molar-refractivity contribution in [3.63, 3.8) is 0 Å². The molecule has 0 saturated carbocycles. The zero-order valence-electron chi connectivity index (χ0n) is 15.0. The van der Waals surface area contributed by atoms with E-state index in [1.165, 1.54) is 0 Å². The quantitative estimate of drug-likeness (QED) is 0.665. The molecule has 3 aromatic rings. The lowest BCUT2D eigenvalue weighted by molar-refractivity contribution is 0.0699. The average Bonchev–Trinajstić information content (AvgIpc) is 2.60. The lowest BCUT2D eigenvalue weighted by atomic mass is 9.98. The zero-order valence-corrected chi connectivity index (χ0v) is 15.0. The van der Waals surface area contributed by atoms with E-state index in [9.17, 15) is 9.90 Å². The van der Waals surface area contributed by atoms with Gasteiger partial charge in [0, 0.05) is 10.9 Å². The van der Waals surface area contributed by atoms with Gasteiger partial charge in [0.05, 0.1) is 16.8 Å². The van der Waals surface area contributed by atoms with Gasteiger partial charge in [0.2, 0.25) is 0 Å². The molecule has 0 unspecified atom stereocenters. The Bertz CT molecular complexity index is 944. The maximum Gasteiger partial charge on any atom is 0.336 e. The minimum absolute atomic E-state index is 0.319. The summed E-state index contributed by atoms with van der Waals surface area (Å²) in [5.41, 5.74) is 6.14. The molecule has 3 rings (SSSR count). The Labute approximate surface area is 148 Å². The van der Waals surface area contributed by atoms with Gasteiger partial charge in [-0.05, 0) is 62.1 Å². The molecule has 1 heterocycles. The molecule has 0 bridgehead atoms. The number of rotatable bonds is 5. The summed E-state index contributed by atoms with van der Waals surface area (Å²) in [6.07, 6.45) is 3.18. The average molecular weight is 333 g/mol. The number of aromatic carboxylic acids is 1. The van der Waals surface area contributed by atoms with Crippen LogP contribution in [0.1, 0.15) is 46.8 Å². The first-order chi connectivity index (χ1) is 12.0. The fourth-order valence-electron chi connectivity index (χ4n) is 3.14. The Morgan fingerprint density at radius 1 is 1.08 bits per heavy atom. The van der Waals surface area contributed by atoms with Crippen LogP contribution in [0.4, 0.5) is 0 Å². The van der Waals surface area contributed by atoms with Gasteiger partial charge in [-0.25, -0.2) is 9.78 Å². The summed E-state index contributed by atoms with van der Waals surface area (Å²) >= 11 is 0. The van der Waals surface area contributed by atoms with Crippen molar-refractivity contribution in [3.8, 4) is 11.3 Å². The molecular weight excluding hydrogens is 310 g/mol. The van der Waals surface area contributed by atoms with Crippen molar-refractivity contribution in [1.29, 1.82) is 0 Å². The molecule has 0 fully saturated rings. The number of unbranched alkanes of at least 4 members (excludes halogenated alkanes) is 1. The molecule has 3 nitrogen and oxygen atoms in total. The minimum Gasteiger partial charge on any atom is -0.478 e. The van der Waals surface area contributed by atoms with E-state index in [2.05, 4.69) is 25.1 Å². The maximum atomic E-state index is 11.8. The molecule has 1 aromatic heterocycles. The Kier molecular flexibility index (Phi) is 4.84. The number of benzene rings is 2. The van der Waals surface area contributed by atoms with Crippen LogP contribution in [0.5, 0.6) is 0 Å². The summed E-state index contributed by atoms with van der Waals surface area (Å²) < 4.78 is 0. The van der Waals surface area contributed by atoms with Gasteiger partial charge >= 0.3 is 5.97 Å². The molecule has 128 valence electrons. The highest BCUT2D eigenvalue weighted by molar-refractivity contribution is 6.04. The molecule has 0 aliphatic heterocycles. The molecule has 0 amide bonds. The summed E-state index contributed by atoms with van der Waals surface area (Å²) in [6.45, 7) is 6.21. The van der Waals surface area contributed by atoms with Crippen molar-refractivity contribution in [2.24, 2.45) is 0 Å². The van der Waals surface area contributed by atoms with E-state index in [-0.39, 0.29) is 0 Å². The van der Waals surface area contributed by atoms with Crippen molar-refractivity contribution in [2.75, 3.05) is 0 Å². The van der Waals surface area contributed by atoms with Crippen LogP contribution in [0.3, 0.4) is 0 Å². The molecule has 0 aliphatic carbocycles. The van der Waals surface area contributed by atoms with Gasteiger partial charge in [-0.1, -0.05) is 37.1 Å². The molecule has 3 heteroatoms. The molecule has 2 aromatic carbocycles.